The Morgan fingerprint density at radius 2 is 1.93 bits per heavy atom. The van der Waals surface area contributed by atoms with E-state index in [4.69, 9.17) is 4.74 Å². The van der Waals surface area contributed by atoms with Crippen LogP contribution in [0.1, 0.15) is 24.1 Å². The minimum absolute atomic E-state index is 0.0257. The van der Waals surface area contributed by atoms with Gasteiger partial charge < -0.3 is 15.2 Å². The van der Waals surface area contributed by atoms with Gasteiger partial charge in [-0.2, -0.15) is 0 Å². The van der Waals surface area contributed by atoms with Gasteiger partial charge in [-0.15, -0.1) is 5.75 Å². The summed E-state index contributed by atoms with van der Waals surface area (Å²) in [6.45, 7) is 1.71. The summed E-state index contributed by atoms with van der Waals surface area (Å²) < 4.78 is 5.18. The summed E-state index contributed by atoms with van der Waals surface area (Å²) in [6, 6.07) is 10.1. The summed E-state index contributed by atoms with van der Waals surface area (Å²) in [7, 11) is 1.48. The van der Waals surface area contributed by atoms with Crippen LogP contribution < -0.4 is 10.4 Å². The second-order valence-electron chi connectivity index (χ2n) is 6.27. The van der Waals surface area contributed by atoms with Crippen LogP contribution in [0.2, 0.25) is 0 Å². The van der Waals surface area contributed by atoms with Gasteiger partial charge in [0.2, 0.25) is 0 Å². The molecule has 1 aliphatic heterocycles. The van der Waals surface area contributed by atoms with Gasteiger partial charge in [0.15, 0.2) is 0 Å². The van der Waals surface area contributed by atoms with Crippen molar-refractivity contribution in [3.05, 3.63) is 75.3 Å². The molecule has 1 N–H and O–H groups in total. The Morgan fingerprint density at radius 1 is 1.24 bits per heavy atom. The lowest BCUT2D eigenvalue weighted by molar-refractivity contribution is -0.385. The summed E-state index contributed by atoms with van der Waals surface area (Å²) >= 11 is 0. The third kappa shape index (κ3) is 3.75. The number of hydrogen-bond acceptors (Lipinski definition) is 6. The molecule has 0 bridgehead atoms. The lowest BCUT2D eigenvalue weighted by atomic mass is 9.91. The fourth-order valence-electron chi connectivity index (χ4n) is 3.19. The Balaban J connectivity index is 2.29. The maximum Gasteiger partial charge on any atom is 0.338 e. The quantitative estimate of drug-likeness (QED) is 0.470. The van der Waals surface area contributed by atoms with Gasteiger partial charge in [0.25, 0.3) is 5.69 Å². The van der Waals surface area contributed by atoms with E-state index in [9.17, 15) is 24.8 Å². The minimum Gasteiger partial charge on any atom is -0.872 e. The zero-order valence-corrected chi connectivity index (χ0v) is 15.7. The third-order valence-electron chi connectivity index (χ3n) is 4.51. The number of urea groups is 1. The van der Waals surface area contributed by atoms with Crippen LogP contribution in [-0.4, -0.2) is 35.5 Å². The van der Waals surface area contributed by atoms with Crippen LogP contribution in [0.15, 0.2) is 54.1 Å². The average Bonchev–Trinajstić information content (AvgIpc) is 2.70. The molecular formula is C20H18N3O6-. The van der Waals surface area contributed by atoms with Crippen molar-refractivity contribution in [2.24, 2.45) is 0 Å². The first-order valence-electron chi connectivity index (χ1n) is 8.81. The summed E-state index contributed by atoms with van der Waals surface area (Å²) in [4.78, 5) is 37.2. The molecule has 1 aliphatic rings. The molecule has 0 saturated carbocycles. The molecule has 0 aliphatic carbocycles. The number of nitrogens with zero attached hydrogens (tertiary/aromatic N) is 2. The van der Waals surface area contributed by atoms with Crippen LogP contribution >= 0.6 is 0 Å². The molecule has 0 fully saturated rings. The number of hydrogen-bond donors (Lipinski definition) is 1. The largest absolute Gasteiger partial charge is 0.872 e. The summed E-state index contributed by atoms with van der Waals surface area (Å²) in [5.41, 5.74) is 0.451. The molecule has 2 aromatic rings. The van der Waals surface area contributed by atoms with E-state index < -0.39 is 28.7 Å². The second kappa shape index (κ2) is 8.01. The van der Waals surface area contributed by atoms with Crippen LogP contribution in [0.4, 0.5) is 10.5 Å². The van der Waals surface area contributed by atoms with E-state index in [1.165, 1.54) is 11.9 Å². The predicted molar refractivity (Wildman–Crippen MR) is 102 cm³/mol. The van der Waals surface area contributed by atoms with Crippen LogP contribution in [0.3, 0.4) is 0 Å². The topological polar surface area (TPSA) is 125 Å². The smallest absolute Gasteiger partial charge is 0.338 e. The first kappa shape index (κ1) is 19.9. The van der Waals surface area contributed by atoms with Gasteiger partial charge in [0.05, 0.1) is 28.8 Å². The van der Waals surface area contributed by atoms with E-state index in [-0.39, 0.29) is 29.1 Å². The fraction of sp³-hybridized carbons (Fsp3) is 0.200. The summed E-state index contributed by atoms with van der Waals surface area (Å²) in [5.74, 6) is -1.27. The number of nitro groups is 1. The van der Waals surface area contributed by atoms with Gasteiger partial charge in [-0.1, -0.05) is 36.4 Å². The zero-order valence-electron chi connectivity index (χ0n) is 15.7. The maximum absolute atomic E-state index is 12.9. The lowest BCUT2D eigenvalue weighted by Gasteiger charge is -2.36. The molecule has 2 amide bonds. The van der Waals surface area contributed by atoms with E-state index >= 15 is 0 Å². The number of ether oxygens (including phenoxy) is 1. The highest BCUT2D eigenvalue weighted by atomic mass is 16.6. The normalized spacial score (nSPS) is 16.4. The molecule has 1 heterocycles. The van der Waals surface area contributed by atoms with Gasteiger partial charge >= 0.3 is 12.0 Å². The molecule has 0 unspecified atom stereocenters. The number of carbonyl (C=O) groups is 2. The van der Waals surface area contributed by atoms with Crippen LogP contribution in [0.25, 0.3) is 5.70 Å². The molecule has 29 heavy (non-hydrogen) atoms. The maximum atomic E-state index is 12.9. The lowest BCUT2D eigenvalue weighted by Crippen LogP contribution is -2.46. The molecule has 2 aromatic carbocycles. The van der Waals surface area contributed by atoms with Gasteiger partial charge in [0.1, 0.15) is 0 Å². The van der Waals surface area contributed by atoms with Crippen molar-refractivity contribution in [2.75, 3.05) is 13.7 Å². The molecule has 0 spiro atoms. The second-order valence-corrected chi connectivity index (χ2v) is 6.27. The number of non-ortho nitro benzene ring substituents is 1. The Hall–Kier alpha value is -3.88. The average molecular weight is 396 g/mol. The summed E-state index contributed by atoms with van der Waals surface area (Å²) in [5, 5.41) is 26.2. The highest BCUT2D eigenvalue weighted by molar-refractivity contribution is 6.04. The predicted octanol–water partition coefficient (Wildman–Crippen LogP) is 2.34. The first-order chi connectivity index (χ1) is 13.8. The molecule has 1 atom stereocenters. The molecule has 9 nitrogen and oxygen atoms in total. The van der Waals surface area contributed by atoms with E-state index in [1.54, 1.807) is 37.3 Å². The molecule has 9 heteroatoms. The number of esters is 1. The SMILES string of the molecule is CCOC(=O)C1=C(c2ccccc2)N(C)C(=O)N[C@H]1c1cc([N+](=O)[O-])ccc1[O-]. The fourth-order valence-corrected chi connectivity index (χ4v) is 3.19. The molecule has 0 radical (unpaired) electrons. The van der Waals surface area contributed by atoms with Gasteiger partial charge in [-0.05, 0) is 18.1 Å². The number of rotatable bonds is 5. The van der Waals surface area contributed by atoms with Crippen molar-refractivity contribution < 1.29 is 24.4 Å². The Morgan fingerprint density at radius 3 is 2.55 bits per heavy atom. The van der Waals surface area contributed by atoms with Gasteiger partial charge in [0, 0.05) is 19.2 Å². The van der Waals surface area contributed by atoms with Gasteiger partial charge in [-0.25, -0.2) is 9.59 Å². The van der Waals surface area contributed by atoms with Crippen LogP contribution in [0.5, 0.6) is 5.75 Å². The standard InChI is InChI=1S/C20H19N3O6/c1-3-29-19(25)16-17(14-11-13(23(27)28)9-10-15(14)24)21-20(26)22(2)18(16)12-7-5-4-6-8-12/h4-11,17,24H,3H2,1-2H3,(H,21,26)/p-1/t17-/m0/s1. The third-order valence-corrected chi connectivity index (χ3v) is 4.51. The van der Waals surface area contributed by atoms with Crippen molar-refractivity contribution in [2.45, 2.75) is 13.0 Å². The number of nitrogens with one attached hydrogen (secondary N) is 1. The number of amides is 2. The Kier molecular flexibility index (Phi) is 5.49. The van der Waals surface area contributed by atoms with E-state index in [0.717, 1.165) is 18.2 Å². The minimum atomic E-state index is -1.19. The monoisotopic (exact) mass is 396 g/mol. The van der Waals surface area contributed by atoms with Crippen LogP contribution in [0, 0.1) is 10.1 Å². The molecule has 0 aromatic heterocycles. The number of nitro benzene ring substituents is 1. The molecule has 150 valence electrons. The van der Waals surface area contributed by atoms with Gasteiger partial charge in [-0.3, -0.25) is 15.0 Å². The van der Waals surface area contributed by atoms with E-state index in [1.807, 2.05) is 0 Å². The number of carbonyl (C=O) groups excluding carboxylic acids is 2. The molecular weight excluding hydrogens is 378 g/mol. The van der Waals surface area contributed by atoms with E-state index in [0.29, 0.717) is 5.56 Å². The van der Waals surface area contributed by atoms with Crippen LogP contribution in [-0.2, 0) is 9.53 Å². The van der Waals surface area contributed by atoms with Crippen molar-refractivity contribution in [3.8, 4) is 5.75 Å². The molecule has 3 rings (SSSR count). The van der Waals surface area contributed by atoms with Crippen molar-refractivity contribution in [1.29, 1.82) is 0 Å². The Labute approximate surface area is 166 Å². The first-order valence-corrected chi connectivity index (χ1v) is 8.81. The highest BCUT2D eigenvalue weighted by Crippen LogP contribution is 2.39. The summed E-state index contributed by atoms with van der Waals surface area (Å²) in [6.07, 6.45) is 0. The Bertz CT molecular complexity index is 1000. The zero-order chi connectivity index (χ0) is 21.1. The van der Waals surface area contributed by atoms with E-state index in [2.05, 4.69) is 5.32 Å². The molecule has 0 saturated heterocycles. The van der Waals surface area contributed by atoms with Crippen molar-refractivity contribution in [1.82, 2.24) is 10.2 Å². The number of benzene rings is 2. The highest BCUT2D eigenvalue weighted by Gasteiger charge is 2.38. The van der Waals surface area contributed by atoms with Crippen molar-refractivity contribution in [3.63, 3.8) is 0 Å². The van der Waals surface area contributed by atoms with Crippen molar-refractivity contribution >= 4 is 23.4 Å².